The van der Waals surface area contributed by atoms with Crippen LogP contribution in [-0.2, 0) is 20.9 Å². The molecule has 1 N–H and O–H groups in total. The number of amides is 2. The molecular weight excluding hydrogens is 386 g/mol. The van der Waals surface area contributed by atoms with E-state index >= 15 is 0 Å². The van der Waals surface area contributed by atoms with Gasteiger partial charge in [-0.3, -0.25) is 14.4 Å². The van der Waals surface area contributed by atoms with Gasteiger partial charge in [-0.1, -0.05) is 30.3 Å². The van der Waals surface area contributed by atoms with Crippen LogP contribution in [0.4, 0.5) is 0 Å². The van der Waals surface area contributed by atoms with E-state index in [2.05, 4.69) is 15.4 Å². The number of hydrogen-bond donors (Lipinski definition) is 1. The van der Waals surface area contributed by atoms with Crippen molar-refractivity contribution in [1.82, 2.24) is 25.0 Å². The number of likely N-dealkylation sites (N-methyl/N-ethyl adjacent to an activating group) is 1. The van der Waals surface area contributed by atoms with E-state index in [1.165, 1.54) is 6.33 Å². The highest BCUT2D eigenvalue weighted by Gasteiger charge is 2.60. The molecule has 1 aromatic heterocycles. The maximum absolute atomic E-state index is 12.8. The van der Waals surface area contributed by atoms with Gasteiger partial charge in [-0.2, -0.15) is 0 Å². The summed E-state index contributed by atoms with van der Waals surface area (Å²) in [5, 5.41) is 6.98. The number of ether oxygens (including phenoxy) is 1. The molecule has 1 aliphatic carbocycles. The van der Waals surface area contributed by atoms with Crippen LogP contribution in [-0.4, -0.2) is 63.2 Å². The standard InChI is InChI=1S/C21H25N5O4/c1-3-30-21(29)16-14-9-10-15(20(28)25(2)17(14)16)23-19(27)18-22-12-26(24-18)11-13-7-5-4-6-8-13/h4-8,12,14-17H,3,9-11H2,1-2H3,(H,23,27)/t14-,15+,16+,17-/m1/s1. The SMILES string of the molecule is CCOC(=O)[C@H]1[C@H]2CC[C@H](NC(=O)c3ncn(Cc4ccccc4)n3)C(=O)N(C)[C@H]21. The van der Waals surface area contributed by atoms with Crippen molar-refractivity contribution in [1.29, 1.82) is 0 Å². The fourth-order valence-corrected chi connectivity index (χ4v) is 4.26. The minimum Gasteiger partial charge on any atom is -0.466 e. The lowest BCUT2D eigenvalue weighted by atomic mass is 10.1. The second-order valence-corrected chi connectivity index (χ2v) is 7.74. The molecule has 2 aliphatic rings. The van der Waals surface area contributed by atoms with Crippen molar-refractivity contribution in [2.45, 2.75) is 38.4 Å². The van der Waals surface area contributed by atoms with Crippen molar-refractivity contribution < 1.29 is 19.1 Å². The number of nitrogens with zero attached hydrogens (tertiary/aromatic N) is 4. The molecule has 4 rings (SSSR count). The molecule has 2 heterocycles. The molecule has 9 nitrogen and oxygen atoms in total. The van der Waals surface area contributed by atoms with Gasteiger partial charge in [0, 0.05) is 13.1 Å². The summed E-state index contributed by atoms with van der Waals surface area (Å²) >= 11 is 0. The van der Waals surface area contributed by atoms with Crippen molar-refractivity contribution in [3.63, 3.8) is 0 Å². The third kappa shape index (κ3) is 3.92. The van der Waals surface area contributed by atoms with Crippen LogP contribution in [0.5, 0.6) is 0 Å². The molecule has 1 aliphatic heterocycles. The number of aromatic nitrogens is 3. The Morgan fingerprint density at radius 3 is 2.73 bits per heavy atom. The highest BCUT2D eigenvalue weighted by molar-refractivity contribution is 5.95. The van der Waals surface area contributed by atoms with Crippen LogP contribution >= 0.6 is 0 Å². The number of likely N-dealkylation sites (tertiary alicyclic amines) is 1. The van der Waals surface area contributed by atoms with Gasteiger partial charge in [0.2, 0.25) is 11.7 Å². The van der Waals surface area contributed by atoms with E-state index in [-0.39, 0.29) is 35.6 Å². The van der Waals surface area contributed by atoms with Crippen molar-refractivity contribution in [2.75, 3.05) is 13.7 Å². The normalized spacial score (nSPS) is 25.3. The van der Waals surface area contributed by atoms with Crippen molar-refractivity contribution >= 4 is 17.8 Å². The molecule has 4 atom stereocenters. The molecule has 2 amide bonds. The van der Waals surface area contributed by atoms with E-state index < -0.39 is 11.9 Å². The number of nitrogens with one attached hydrogen (secondary N) is 1. The maximum Gasteiger partial charge on any atom is 0.311 e. The summed E-state index contributed by atoms with van der Waals surface area (Å²) < 4.78 is 6.70. The van der Waals surface area contributed by atoms with Gasteiger partial charge in [-0.05, 0) is 31.2 Å². The zero-order chi connectivity index (χ0) is 21.3. The number of carbonyl (C=O) groups excluding carboxylic acids is 3. The Kier molecular flexibility index (Phi) is 5.52. The predicted molar refractivity (Wildman–Crippen MR) is 106 cm³/mol. The van der Waals surface area contributed by atoms with E-state index in [4.69, 9.17) is 4.74 Å². The van der Waals surface area contributed by atoms with Crippen LogP contribution in [0, 0.1) is 11.8 Å². The highest BCUT2D eigenvalue weighted by Crippen LogP contribution is 2.48. The van der Waals surface area contributed by atoms with Gasteiger partial charge in [0.05, 0.1) is 19.1 Å². The molecule has 158 valence electrons. The Morgan fingerprint density at radius 1 is 1.23 bits per heavy atom. The van der Waals surface area contributed by atoms with E-state index in [1.54, 1.807) is 23.6 Å². The number of carbonyl (C=O) groups is 3. The van der Waals surface area contributed by atoms with Gasteiger partial charge < -0.3 is 15.0 Å². The quantitative estimate of drug-likeness (QED) is 0.707. The Hall–Kier alpha value is -3.23. The summed E-state index contributed by atoms with van der Waals surface area (Å²) in [5.74, 6) is -1.07. The largest absolute Gasteiger partial charge is 0.466 e. The van der Waals surface area contributed by atoms with Crippen LogP contribution in [0.15, 0.2) is 36.7 Å². The lowest BCUT2D eigenvalue weighted by Gasteiger charge is -2.22. The van der Waals surface area contributed by atoms with Gasteiger partial charge in [0.15, 0.2) is 0 Å². The van der Waals surface area contributed by atoms with Crippen LogP contribution in [0.3, 0.4) is 0 Å². The summed E-state index contributed by atoms with van der Waals surface area (Å²) in [7, 11) is 1.68. The Labute approximate surface area is 174 Å². The van der Waals surface area contributed by atoms with E-state index in [0.717, 1.165) is 5.56 Å². The van der Waals surface area contributed by atoms with Crippen molar-refractivity contribution in [2.24, 2.45) is 11.8 Å². The van der Waals surface area contributed by atoms with Crippen molar-refractivity contribution in [3.05, 3.63) is 48.0 Å². The highest BCUT2D eigenvalue weighted by atomic mass is 16.5. The number of fused-ring (bicyclic) bond motifs is 1. The number of rotatable bonds is 6. The monoisotopic (exact) mass is 411 g/mol. The number of esters is 1. The van der Waals surface area contributed by atoms with Gasteiger partial charge in [-0.25, -0.2) is 9.67 Å². The molecule has 1 saturated heterocycles. The first-order valence-corrected chi connectivity index (χ1v) is 10.2. The van der Waals surface area contributed by atoms with Crippen molar-refractivity contribution in [3.8, 4) is 0 Å². The molecule has 9 heteroatoms. The Morgan fingerprint density at radius 2 is 2.00 bits per heavy atom. The molecule has 0 unspecified atom stereocenters. The number of benzene rings is 1. The fourth-order valence-electron chi connectivity index (χ4n) is 4.26. The van der Waals surface area contributed by atoms with E-state index in [0.29, 0.717) is 26.0 Å². The third-order valence-corrected chi connectivity index (χ3v) is 5.80. The fraction of sp³-hybridized carbons (Fsp3) is 0.476. The summed E-state index contributed by atoms with van der Waals surface area (Å²) in [6, 6.07) is 8.94. The first kappa shape index (κ1) is 20.1. The van der Waals surface area contributed by atoms with E-state index in [1.807, 2.05) is 30.3 Å². The third-order valence-electron chi connectivity index (χ3n) is 5.80. The molecule has 2 fully saturated rings. The second kappa shape index (κ2) is 8.25. The second-order valence-electron chi connectivity index (χ2n) is 7.74. The summed E-state index contributed by atoms with van der Waals surface area (Å²) in [6.45, 7) is 2.60. The summed E-state index contributed by atoms with van der Waals surface area (Å²) in [6.07, 6.45) is 2.64. The van der Waals surface area contributed by atoms with Crippen LogP contribution in [0.1, 0.15) is 35.9 Å². The maximum atomic E-state index is 12.8. The number of hydrogen-bond acceptors (Lipinski definition) is 6. The summed E-state index contributed by atoms with van der Waals surface area (Å²) in [5.41, 5.74) is 1.05. The minimum atomic E-state index is -0.654. The summed E-state index contributed by atoms with van der Waals surface area (Å²) in [4.78, 5) is 43.2. The lowest BCUT2D eigenvalue weighted by Crippen LogP contribution is -2.48. The lowest BCUT2D eigenvalue weighted by molar-refractivity contribution is -0.146. The van der Waals surface area contributed by atoms with E-state index in [9.17, 15) is 14.4 Å². The molecule has 30 heavy (non-hydrogen) atoms. The first-order chi connectivity index (χ1) is 14.5. The van der Waals surface area contributed by atoms with Crippen LogP contribution in [0.2, 0.25) is 0 Å². The molecule has 2 aromatic rings. The molecule has 1 saturated carbocycles. The van der Waals surface area contributed by atoms with Gasteiger partial charge >= 0.3 is 5.97 Å². The molecule has 0 bridgehead atoms. The minimum absolute atomic E-state index is 0.0280. The Bertz CT molecular complexity index is 944. The predicted octanol–water partition coefficient (Wildman–Crippen LogP) is 0.855. The van der Waals surface area contributed by atoms with Crippen LogP contribution < -0.4 is 5.32 Å². The topological polar surface area (TPSA) is 106 Å². The Balaban J connectivity index is 1.36. The smallest absolute Gasteiger partial charge is 0.311 e. The molecule has 1 aromatic carbocycles. The van der Waals surface area contributed by atoms with Crippen LogP contribution in [0.25, 0.3) is 0 Å². The van der Waals surface area contributed by atoms with Gasteiger partial charge in [0.25, 0.3) is 5.91 Å². The zero-order valence-corrected chi connectivity index (χ0v) is 17.0. The van der Waals surface area contributed by atoms with Gasteiger partial charge in [-0.15, -0.1) is 5.10 Å². The average molecular weight is 411 g/mol. The molecule has 0 radical (unpaired) electrons. The molecular formula is C21H25N5O4. The van der Waals surface area contributed by atoms with Gasteiger partial charge in [0.1, 0.15) is 12.4 Å². The molecule has 0 spiro atoms. The average Bonchev–Trinajstić information content (AvgIpc) is 3.31. The zero-order valence-electron chi connectivity index (χ0n) is 17.0. The first-order valence-electron chi connectivity index (χ1n) is 10.2.